The summed E-state index contributed by atoms with van der Waals surface area (Å²) in [5.74, 6) is -0.135. The van der Waals surface area contributed by atoms with Crippen LogP contribution in [0.15, 0.2) is 54.9 Å². The molecule has 0 spiro atoms. The third-order valence-electron chi connectivity index (χ3n) is 2.83. The van der Waals surface area contributed by atoms with Crippen LogP contribution in [0.5, 0.6) is 0 Å². The summed E-state index contributed by atoms with van der Waals surface area (Å²) in [5, 5.41) is 13.8. The van der Waals surface area contributed by atoms with E-state index in [1.54, 1.807) is 10.7 Å². The molecule has 0 bridgehead atoms. The molecule has 104 valence electrons. The van der Waals surface area contributed by atoms with Crippen LogP contribution in [0.2, 0.25) is 0 Å². The molecule has 0 aliphatic rings. The predicted octanol–water partition coefficient (Wildman–Crippen LogP) is 2.52. The second-order valence-electron chi connectivity index (χ2n) is 4.27. The van der Waals surface area contributed by atoms with E-state index in [0.29, 0.717) is 5.56 Å². The van der Waals surface area contributed by atoms with E-state index in [1.807, 2.05) is 42.5 Å². The van der Waals surface area contributed by atoms with Crippen LogP contribution in [-0.2, 0) is 0 Å². The first-order valence-electron chi connectivity index (χ1n) is 6.13. The molecule has 21 heavy (non-hydrogen) atoms. The lowest BCUT2D eigenvalue weighted by Gasteiger charge is -2.06. The molecule has 0 atom stereocenters. The van der Waals surface area contributed by atoms with Crippen molar-refractivity contribution in [2.45, 2.75) is 0 Å². The zero-order valence-electron chi connectivity index (χ0n) is 10.8. The second kappa shape index (κ2) is 6.00. The average molecular weight is 391 g/mol. The fraction of sp³-hybridized carbons (Fsp3) is 0. The summed E-state index contributed by atoms with van der Waals surface area (Å²) in [6.07, 6.45) is 1.51. The number of anilines is 1. The standard InChI is InChI=1S/C14H10IN5O/c15-11-3-1-2-10(8-11)14(21)17-12-4-6-13(7-5-12)20-9-16-18-19-20/h1-9H,(H,17,21). The number of rotatable bonds is 3. The summed E-state index contributed by atoms with van der Waals surface area (Å²) < 4.78 is 2.57. The molecule has 1 amide bonds. The first-order valence-corrected chi connectivity index (χ1v) is 7.20. The van der Waals surface area contributed by atoms with E-state index < -0.39 is 0 Å². The highest BCUT2D eigenvalue weighted by atomic mass is 127. The Morgan fingerprint density at radius 2 is 1.95 bits per heavy atom. The van der Waals surface area contributed by atoms with Gasteiger partial charge < -0.3 is 5.32 Å². The summed E-state index contributed by atoms with van der Waals surface area (Å²) in [4.78, 5) is 12.1. The zero-order valence-corrected chi connectivity index (χ0v) is 12.9. The molecule has 1 N–H and O–H groups in total. The van der Waals surface area contributed by atoms with E-state index in [-0.39, 0.29) is 5.91 Å². The van der Waals surface area contributed by atoms with Crippen LogP contribution < -0.4 is 5.32 Å². The molecule has 0 aliphatic heterocycles. The average Bonchev–Trinajstić information content (AvgIpc) is 3.02. The van der Waals surface area contributed by atoms with Crippen molar-refractivity contribution in [3.05, 3.63) is 64.0 Å². The van der Waals surface area contributed by atoms with Gasteiger partial charge in [0.25, 0.3) is 5.91 Å². The molecule has 7 heteroatoms. The number of amides is 1. The molecule has 0 radical (unpaired) electrons. The minimum atomic E-state index is -0.135. The zero-order chi connectivity index (χ0) is 14.7. The van der Waals surface area contributed by atoms with Crippen molar-refractivity contribution in [1.82, 2.24) is 20.2 Å². The molecular weight excluding hydrogens is 381 g/mol. The summed E-state index contributed by atoms with van der Waals surface area (Å²) in [5.41, 5.74) is 2.18. The summed E-state index contributed by atoms with van der Waals surface area (Å²) in [6, 6.07) is 14.7. The van der Waals surface area contributed by atoms with Crippen LogP contribution in [0.3, 0.4) is 0 Å². The Bertz CT molecular complexity index is 755. The van der Waals surface area contributed by atoms with Crippen molar-refractivity contribution in [2.75, 3.05) is 5.32 Å². The van der Waals surface area contributed by atoms with E-state index in [0.717, 1.165) is 14.9 Å². The minimum Gasteiger partial charge on any atom is -0.322 e. The van der Waals surface area contributed by atoms with Gasteiger partial charge in [-0.05, 0) is 75.5 Å². The van der Waals surface area contributed by atoms with Gasteiger partial charge in [-0.1, -0.05) is 6.07 Å². The molecule has 0 fully saturated rings. The Morgan fingerprint density at radius 1 is 1.14 bits per heavy atom. The maximum Gasteiger partial charge on any atom is 0.255 e. The van der Waals surface area contributed by atoms with Crippen LogP contribution >= 0.6 is 22.6 Å². The molecule has 3 rings (SSSR count). The van der Waals surface area contributed by atoms with Crippen LogP contribution in [-0.4, -0.2) is 26.1 Å². The molecule has 2 aromatic carbocycles. The lowest BCUT2D eigenvalue weighted by atomic mass is 10.2. The van der Waals surface area contributed by atoms with Gasteiger partial charge in [0.15, 0.2) is 0 Å². The molecule has 0 saturated heterocycles. The maximum atomic E-state index is 12.1. The van der Waals surface area contributed by atoms with Gasteiger partial charge in [0.1, 0.15) is 6.33 Å². The molecule has 1 aromatic heterocycles. The Balaban J connectivity index is 1.75. The van der Waals surface area contributed by atoms with Crippen molar-refractivity contribution in [1.29, 1.82) is 0 Å². The maximum absolute atomic E-state index is 12.1. The van der Waals surface area contributed by atoms with Gasteiger partial charge in [-0.25, -0.2) is 4.68 Å². The number of aromatic nitrogens is 4. The van der Waals surface area contributed by atoms with Crippen molar-refractivity contribution in [2.24, 2.45) is 0 Å². The van der Waals surface area contributed by atoms with Gasteiger partial charge in [0.2, 0.25) is 0 Å². The number of hydrogen-bond donors (Lipinski definition) is 1. The van der Waals surface area contributed by atoms with Crippen molar-refractivity contribution < 1.29 is 4.79 Å². The van der Waals surface area contributed by atoms with E-state index in [4.69, 9.17) is 0 Å². The lowest BCUT2D eigenvalue weighted by Crippen LogP contribution is -2.12. The van der Waals surface area contributed by atoms with Crippen molar-refractivity contribution in [3.8, 4) is 5.69 Å². The quantitative estimate of drug-likeness (QED) is 0.697. The summed E-state index contributed by atoms with van der Waals surface area (Å²) >= 11 is 2.18. The number of benzene rings is 2. The number of carbonyl (C=O) groups is 1. The Hall–Kier alpha value is -2.29. The summed E-state index contributed by atoms with van der Waals surface area (Å²) in [6.45, 7) is 0. The van der Waals surface area contributed by atoms with Crippen molar-refractivity contribution >= 4 is 34.2 Å². The molecular formula is C14H10IN5O. The monoisotopic (exact) mass is 391 g/mol. The van der Waals surface area contributed by atoms with E-state index in [1.165, 1.54) is 6.33 Å². The topological polar surface area (TPSA) is 72.7 Å². The normalized spacial score (nSPS) is 10.3. The molecule has 0 saturated carbocycles. The lowest BCUT2D eigenvalue weighted by molar-refractivity contribution is 0.102. The highest BCUT2D eigenvalue weighted by Crippen LogP contribution is 2.14. The van der Waals surface area contributed by atoms with Gasteiger partial charge >= 0.3 is 0 Å². The van der Waals surface area contributed by atoms with Crippen LogP contribution in [0.1, 0.15) is 10.4 Å². The third-order valence-corrected chi connectivity index (χ3v) is 3.50. The Kier molecular flexibility index (Phi) is 3.91. The van der Waals surface area contributed by atoms with Gasteiger partial charge in [0.05, 0.1) is 5.69 Å². The highest BCUT2D eigenvalue weighted by Gasteiger charge is 2.06. The molecule has 1 heterocycles. The SMILES string of the molecule is O=C(Nc1ccc(-n2cnnn2)cc1)c1cccc(I)c1. The number of carbonyl (C=O) groups excluding carboxylic acids is 1. The minimum absolute atomic E-state index is 0.135. The first kappa shape index (κ1) is 13.7. The number of tetrazole rings is 1. The first-order chi connectivity index (χ1) is 10.2. The third kappa shape index (κ3) is 3.24. The van der Waals surface area contributed by atoms with E-state index in [9.17, 15) is 4.79 Å². The largest absolute Gasteiger partial charge is 0.322 e. The van der Waals surface area contributed by atoms with Crippen LogP contribution in [0, 0.1) is 3.57 Å². The van der Waals surface area contributed by atoms with Crippen LogP contribution in [0.25, 0.3) is 5.69 Å². The fourth-order valence-electron chi connectivity index (χ4n) is 1.81. The number of hydrogen-bond acceptors (Lipinski definition) is 4. The smallest absolute Gasteiger partial charge is 0.255 e. The van der Waals surface area contributed by atoms with Gasteiger partial charge in [-0.2, -0.15) is 0 Å². The Labute approximate surface area is 134 Å². The van der Waals surface area contributed by atoms with Gasteiger partial charge in [-0.15, -0.1) is 5.10 Å². The predicted molar refractivity (Wildman–Crippen MR) is 86.3 cm³/mol. The van der Waals surface area contributed by atoms with E-state index >= 15 is 0 Å². The molecule has 0 unspecified atom stereocenters. The second-order valence-corrected chi connectivity index (χ2v) is 5.51. The molecule has 6 nitrogen and oxygen atoms in total. The van der Waals surface area contributed by atoms with Gasteiger partial charge in [0, 0.05) is 14.8 Å². The van der Waals surface area contributed by atoms with Crippen LogP contribution in [0.4, 0.5) is 5.69 Å². The van der Waals surface area contributed by atoms with Gasteiger partial charge in [-0.3, -0.25) is 4.79 Å². The van der Waals surface area contributed by atoms with E-state index in [2.05, 4.69) is 43.4 Å². The molecule has 3 aromatic rings. The molecule has 0 aliphatic carbocycles. The summed E-state index contributed by atoms with van der Waals surface area (Å²) in [7, 11) is 0. The number of nitrogens with one attached hydrogen (secondary N) is 1. The number of nitrogens with zero attached hydrogens (tertiary/aromatic N) is 4. The number of halogens is 1. The fourth-order valence-corrected chi connectivity index (χ4v) is 2.35. The Morgan fingerprint density at radius 3 is 2.62 bits per heavy atom. The highest BCUT2D eigenvalue weighted by molar-refractivity contribution is 14.1. The van der Waals surface area contributed by atoms with Crippen molar-refractivity contribution in [3.63, 3.8) is 0 Å².